The molecule has 0 unspecified atom stereocenters. The summed E-state index contributed by atoms with van der Waals surface area (Å²) in [4.78, 5) is 24.6. The minimum absolute atomic E-state index is 0.0175. The van der Waals surface area contributed by atoms with Gasteiger partial charge in [0.15, 0.2) is 5.82 Å². The molecule has 2 N–H and O–H groups in total. The number of amides is 2. The molecular formula is C11H16N4O2S. The molecule has 1 saturated heterocycles. The van der Waals surface area contributed by atoms with Gasteiger partial charge in [-0.3, -0.25) is 14.7 Å². The highest BCUT2D eigenvalue weighted by Gasteiger charge is 2.23. The predicted molar refractivity (Wildman–Crippen MR) is 70.3 cm³/mol. The summed E-state index contributed by atoms with van der Waals surface area (Å²) < 4.78 is 0. The minimum Gasteiger partial charge on any atom is -0.323 e. The summed E-state index contributed by atoms with van der Waals surface area (Å²) in [6.45, 7) is 2.18. The van der Waals surface area contributed by atoms with Gasteiger partial charge in [0.05, 0.1) is 11.6 Å². The Kier molecular flexibility index (Phi) is 4.24. The van der Waals surface area contributed by atoms with Crippen LogP contribution >= 0.6 is 11.8 Å². The number of carbonyl (C=O) groups is 2. The molecule has 1 aromatic rings. The quantitative estimate of drug-likeness (QED) is 0.829. The van der Waals surface area contributed by atoms with Crippen molar-refractivity contribution in [2.45, 2.75) is 19.8 Å². The molecule has 0 bridgehead atoms. The highest BCUT2D eigenvalue weighted by molar-refractivity contribution is 8.00. The van der Waals surface area contributed by atoms with Crippen molar-refractivity contribution in [2.24, 2.45) is 0 Å². The molecule has 1 aliphatic rings. The second-order valence-corrected chi connectivity index (χ2v) is 5.10. The average Bonchev–Trinajstić information content (AvgIpc) is 2.90. The van der Waals surface area contributed by atoms with Gasteiger partial charge in [0.25, 0.3) is 0 Å². The predicted octanol–water partition coefficient (Wildman–Crippen LogP) is 0.834. The maximum Gasteiger partial charge on any atom is 0.245 e. The SMILES string of the molecule is CCCc1cc(NC(=O)CN2CSCC2=O)n[nH]1. The summed E-state index contributed by atoms with van der Waals surface area (Å²) in [5, 5.41) is 9.55. The Morgan fingerprint density at radius 2 is 2.50 bits per heavy atom. The summed E-state index contributed by atoms with van der Waals surface area (Å²) >= 11 is 1.52. The fourth-order valence-corrected chi connectivity index (χ4v) is 2.62. The van der Waals surface area contributed by atoms with Crippen molar-refractivity contribution in [1.82, 2.24) is 15.1 Å². The normalized spacial score (nSPS) is 15.2. The van der Waals surface area contributed by atoms with Crippen LogP contribution in [0.5, 0.6) is 0 Å². The summed E-state index contributed by atoms with van der Waals surface area (Å²) in [5.74, 6) is 1.39. The zero-order valence-electron chi connectivity index (χ0n) is 10.2. The van der Waals surface area contributed by atoms with Crippen molar-refractivity contribution < 1.29 is 9.59 Å². The molecule has 0 aliphatic carbocycles. The van der Waals surface area contributed by atoms with Crippen LogP contribution in [-0.2, 0) is 16.0 Å². The number of hydrogen-bond acceptors (Lipinski definition) is 4. The molecule has 2 heterocycles. The number of aromatic amines is 1. The first-order valence-corrected chi connectivity index (χ1v) is 7.04. The van der Waals surface area contributed by atoms with E-state index in [2.05, 4.69) is 22.4 Å². The number of thioether (sulfide) groups is 1. The number of anilines is 1. The Balaban J connectivity index is 1.84. The van der Waals surface area contributed by atoms with E-state index in [4.69, 9.17) is 0 Å². The Hall–Kier alpha value is -1.50. The summed E-state index contributed by atoms with van der Waals surface area (Å²) in [7, 11) is 0. The van der Waals surface area contributed by atoms with Gasteiger partial charge in [-0.1, -0.05) is 13.3 Å². The lowest BCUT2D eigenvalue weighted by Gasteiger charge is -2.13. The summed E-state index contributed by atoms with van der Waals surface area (Å²) in [6.07, 6.45) is 1.93. The van der Waals surface area contributed by atoms with Crippen LogP contribution in [0, 0.1) is 0 Å². The first-order chi connectivity index (χ1) is 8.69. The van der Waals surface area contributed by atoms with Gasteiger partial charge in [-0.2, -0.15) is 5.10 Å². The smallest absolute Gasteiger partial charge is 0.245 e. The molecule has 1 aromatic heterocycles. The van der Waals surface area contributed by atoms with Gasteiger partial charge in [-0.15, -0.1) is 11.8 Å². The van der Waals surface area contributed by atoms with Crippen LogP contribution in [0.3, 0.4) is 0 Å². The molecule has 1 aliphatic heterocycles. The highest BCUT2D eigenvalue weighted by Crippen LogP contribution is 2.14. The molecule has 2 amide bonds. The fraction of sp³-hybridized carbons (Fsp3) is 0.545. The highest BCUT2D eigenvalue weighted by atomic mass is 32.2. The van der Waals surface area contributed by atoms with Crippen molar-refractivity contribution in [2.75, 3.05) is 23.5 Å². The maximum absolute atomic E-state index is 11.7. The molecule has 1 fully saturated rings. The Morgan fingerprint density at radius 3 is 3.17 bits per heavy atom. The molecule has 0 saturated carbocycles. The van der Waals surface area contributed by atoms with E-state index in [0.717, 1.165) is 18.5 Å². The Labute approximate surface area is 109 Å². The number of aromatic nitrogens is 2. The standard InChI is InChI=1S/C11H16N4O2S/c1-2-3-8-4-9(14-13-8)12-10(16)5-15-7-18-6-11(15)17/h4H,2-3,5-7H2,1H3,(H2,12,13,14,16). The van der Waals surface area contributed by atoms with E-state index in [-0.39, 0.29) is 18.4 Å². The topological polar surface area (TPSA) is 78.1 Å². The lowest BCUT2D eigenvalue weighted by molar-refractivity contribution is -0.130. The van der Waals surface area contributed by atoms with Gasteiger partial charge in [0, 0.05) is 11.8 Å². The molecule has 2 rings (SSSR count). The molecule has 6 nitrogen and oxygen atoms in total. The lowest BCUT2D eigenvalue weighted by Crippen LogP contribution is -2.34. The summed E-state index contributed by atoms with van der Waals surface area (Å²) in [6, 6.07) is 1.82. The average molecular weight is 268 g/mol. The number of nitrogens with zero attached hydrogens (tertiary/aromatic N) is 2. The van der Waals surface area contributed by atoms with Crippen LogP contribution in [0.15, 0.2) is 6.07 Å². The Morgan fingerprint density at radius 1 is 1.67 bits per heavy atom. The number of H-pyrrole nitrogens is 1. The van der Waals surface area contributed by atoms with Crippen LogP contribution in [0.1, 0.15) is 19.0 Å². The van der Waals surface area contributed by atoms with Crippen LogP contribution in [0.4, 0.5) is 5.82 Å². The maximum atomic E-state index is 11.7. The molecule has 0 atom stereocenters. The van der Waals surface area contributed by atoms with E-state index < -0.39 is 0 Å². The van der Waals surface area contributed by atoms with E-state index in [1.165, 1.54) is 11.8 Å². The monoisotopic (exact) mass is 268 g/mol. The van der Waals surface area contributed by atoms with E-state index in [1.54, 1.807) is 4.90 Å². The first-order valence-electron chi connectivity index (χ1n) is 5.88. The van der Waals surface area contributed by atoms with Crippen LogP contribution < -0.4 is 5.32 Å². The third kappa shape index (κ3) is 3.25. The lowest BCUT2D eigenvalue weighted by atomic mass is 10.2. The first kappa shape index (κ1) is 12.9. The molecule has 7 heteroatoms. The van der Waals surface area contributed by atoms with Gasteiger partial charge in [0.2, 0.25) is 11.8 Å². The summed E-state index contributed by atoms with van der Waals surface area (Å²) in [5.41, 5.74) is 1.00. The molecule has 0 radical (unpaired) electrons. The second-order valence-electron chi connectivity index (χ2n) is 4.15. The van der Waals surface area contributed by atoms with E-state index in [1.807, 2.05) is 6.07 Å². The van der Waals surface area contributed by atoms with Gasteiger partial charge < -0.3 is 10.2 Å². The van der Waals surface area contributed by atoms with Crippen molar-refractivity contribution in [3.05, 3.63) is 11.8 Å². The third-order valence-electron chi connectivity index (χ3n) is 2.58. The second kappa shape index (κ2) is 5.90. The number of rotatable bonds is 5. The molecule has 0 aromatic carbocycles. The van der Waals surface area contributed by atoms with Gasteiger partial charge in [-0.05, 0) is 6.42 Å². The van der Waals surface area contributed by atoms with Crippen LogP contribution in [0.25, 0.3) is 0 Å². The van der Waals surface area contributed by atoms with E-state index in [9.17, 15) is 9.59 Å². The van der Waals surface area contributed by atoms with E-state index >= 15 is 0 Å². The number of hydrogen-bond donors (Lipinski definition) is 2. The van der Waals surface area contributed by atoms with Crippen molar-refractivity contribution >= 4 is 29.4 Å². The molecule has 98 valence electrons. The molecular weight excluding hydrogens is 252 g/mol. The zero-order valence-corrected chi connectivity index (χ0v) is 11.0. The van der Waals surface area contributed by atoms with Gasteiger partial charge in [0.1, 0.15) is 6.54 Å². The van der Waals surface area contributed by atoms with Gasteiger partial charge >= 0.3 is 0 Å². The number of aryl methyl sites for hydroxylation is 1. The van der Waals surface area contributed by atoms with Crippen molar-refractivity contribution in [3.63, 3.8) is 0 Å². The van der Waals surface area contributed by atoms with Crippen molar-refractivity contribution in [3.8, 4) is 0 Å². The van der Waals surface area contributed by atoms with Crippen molar-refractivity contribution in [1.29, 1.82) is 0 Å². The zero-order chi connectivity index (χ0) is 13.0. The van der Waals surface area contributed by atoms with E-state index in [0.29, 0.717) is 17.4 Å². The fourth-order valence-electron chi connectivity index (χ4n) is 1.72. The van der Waals surface area contributed by atoms with Crippen LogP contribution in [0.2, 0.25) is 0 Å². The van der Waals surface area contributed by atoms with Gasteiger partial charge in [-0.25, -0.2) is 0 Å². The number of carbonyl (C=O) groups excluding carboxylic acids is 2. The Bertz CT molecular complexity index is 446. The minimum atomic E-state index is -0.208. The number of nitrogens with one attached hydrogen (secondary N) is 2. The largest absolute Gasteiger partial charge is 0.323 e. The van der Waals surface area contributed by atoms with Crippen LogP contribution in [-0.4, -0.2) is 45.1 Å². The molecule has 18 heavy (non-hydrogen) atoms. The molecule has 0 spiro atoms. The third-order valence-corrected chi connectivity index (χ3v) is 3.52.